The zero-order valence-corrected chi connectivity index (χ0v) is 6.53. The lowest BCUT2D eigenvalue weighted by Crippen LogP contribution is -2.06. The van der Waals surface area contributed by atoms with Gasteiger partial charge >= 0.3 is 0 Å². The molecular weight excluding hydrogens is 132 g/mol. The maximum Gasteiger partial charge on any atom is 0.0282 e. The highest BCUT2D eigenvalue weighted by Gasteiger charge is 2.21. The maximum absolute atomic E-state index is 2.30. The number of allylic oxidation sites excluding steroid dienone is 8. The molecule has 0 heteroatoms. The van der Waals surface area contributed by atoms with E-state index in [1.54, 1.807) is 0 Å². The van der Waals surface area contributed by atoms with Crippen LogP contribution in [0, 0.1) is 5.41 Å². The Kier molecular flexibility index (Phi) is 1.54. The largest absolute Gasteiger partial charge is 0.0867 e. The number of rotatable bonds is 0. The molecule has 0 nitrogen and oxygen atoms in total. The first-order chi connectivity index (χ1) is 5.41. The van der Waals surface area contributed by atoms with E-state index < -0.39 is 0 Å². The molecule has 0 atom stereocenters. The first kappa shape index (κ1) is 6.66. The van der Waals surface area contributed by atoms with Crippen molar-refractivity contribution >= 4 is 0 Å². The normalized spacial score (nSPS) is 24.7. The van der Waals surface area contributed by atoms with Crippen molar-refractivity contribution in [2.24, 2.45) is 5.41 Å². The van der Waals surface area contributed by atoms with Gasteiger partial charge in [-0.15, -0.1) is 0 Å². The molecule has 0 aromatic rings. The van der Waals surface area contributed by atoms with Crippen molar-refractivity contribution in [3.8, 4) is 0 Å². The summed E-state index contributed by atoms with van der Waals surface area (Å²) in [4.78, 5) is 0. The van der Waals surface area contributed by atoms with Crippen LogP contribution < -0.4 is 0 Å². The predicted molar refractivity (Wildman–Crippen MR) is 48.2 cm³/mol. The van der Waals surface area contributed by atoms with Gasteiger partial charge in [0.25, 0.3) is 0 Å². The van der Waals surface area contributed by atoms with Crippen molar-refractivity contribution in [2.75, 3.05) is 0 Å². The SMILES string of the molecule is C1=CC2(C=C1)C=CCC=CC2. The highest BCUT2D eigenvalue weighted by molar-refractivity contribution is 5.33. The van der Waals surface area contributed by atoms with E-state index in [0.29, 0.717) is 0 Å². The van der Waals surface area contributed by atoms with Crippen LogP contribution in [0.15, 0.2) is 48.6 Å². The summed E-state index contributed by atoms with van der Waals surface area (Å²) in [5.41, 5.74) is 0.229. The summed E-state index contributed by atoms with van der Waals surface area (Å²) in [6.07, 6.45) is 20.0. The molecule has 0 saturated carbocycles. The topological polar surface area (TPSA) is 0 Å². The van der Waals surface area contributed by atoms with Gasteiger partial charge in [0.05, 0.1) is 0 Å². The van der Waals surface area contributed by atoms with Gasteiger partial charge in [0.15, 0.2) is 0 Å². The van der Waals surface area contributed by atoms with Crippen molar-refractivity contribution in [2.45, 2.75) is 12.8 Å². The smallest absolute Gasteiger partial charge is 0.0282 e. The Labute approximate surface area is 67.6 Å². The van der Waals surface area contributed by atoms with Crippen LogP contribution >= 0.6 is 0 Å². The standard InChI is InChI=1S/C11H12/c1-2-4-8-11(7-3-1)9-5-6-10-11/h1,3-6,8-10H,2,7H2. The summed E-state index contributed by atoms with van der Waals surface area (Å²) < 4.78 is 0. The maximum atomic E-state index is 2.30. The van der Waals surface area contributed by atoms with Crippen LogP contribution in [0.25, 0.3) is 0 Å². The fraction of sp³-hybridized carbons (Fsp3) is 0.273. The van der Waals surface area contributed by atoms with Gasteiger partial charge in [0.1, 0.15) is 0 Å². The van der Waals surface area contributed by atoms with Gasteiger partial charge in [-0.3, -0.25) is 0 Å². The fourth-order valence-electron chi connectivity index (χ4n) is 1.59. The van der Waals surface area contributed by atoms with Gasteiger partial charge in [-0.2, -0.15) is 0 Å². The Balaban J connectivity index is 2.30. The van der Waals surface area contributed by atoms with Crippen molar-refractivity contribution in [3.05, 3.63) is 48.6 Å². The van der Waals surface area contributed by atoms with Crippen molar-refractivity contribution in [1.82, 2.24) is 0 Å². The Hall–Kier alpha value is -1.04. The lowest BCUT2D eigenvalue weighted by Gasteiger charge is -2.17. The third kappa shape index (κ3) is 1.21. The predicted octanol–water partition coefficient (Wildman–Crippen LogP) is 3.01. The monoisotopic (exact) mass is 144 g/mol. The molecule has 0 N–H and O–H groups in total. The lowest BCUT2D eigenvalue weighted by molar-refractivity contribution is 0.653. The molecule has 2 aliphatic carbocycles. The minimum absolute atomic E-state index is 0.229. The fourth-order valence-corrected chi connectivity index (χ4v) is 1.59. The molecule has 1 spiro atoms. The Morgan fingerprint density at radius 3 is 2.45 bits per heavy atom. The van der Waals surface area contributed by atoms with Crippen LogP contribution in [0.3, 0.4) is 0 Å². The molecule has 0 amide bonds. The molecule has 0 aliphatic heterocycles. The second-order valence-corrected chi connectivity index (χ2v) is 3.14. The van der Waals surface area contributed by atoms with E-state index in [-0.39, 0.29) is 5.41 Å². The molecule has 2 aliphatic rings. The van der Waals surface area contributed by atoms with Crippen LogP contribution in [-0.4, -0.2) is 0 Å². The minimum Gasteiger partial charge on any atom is -0.0867 e. The van der Waals surface area contributed by atoms with Crippen LogP contribution in [-0.2, 0) is 0 Å². The molecule has 0 radical (unpaired) electrons. The molecule has 0 bridgehead atoms. The average molecular weight is 144 g/mol. The van der Waals surface area contributed by atoms with Crippen LogP contribution in [0.2, 0.25) is 0 Å². The summed E-state index contributed by atoms with van der Waals surface area (Å²) in [5.74, 6) is 0. The molecule has 2 rings (SSSR count). The highest BCUT2D eigenvalue weighted by Crippen LogP contribution is 2.33. The molecule has 0 unspecified atom stereocenters. The molecule has 0 aromatic carbocycles. The van der Waals surface area contributed by atoms with Gasteiger partial charge in [0.2, 0.25) is 0 Å². The van der Waals surface area contributed by atoms with Gasteiger partial charge in [-0.1, -0.05) is 48.6 Å². The Morgan fingerprint density at radius 2 is 1.64 bits per heavy atom. The van der Waals surface area contributed by atoms with Gasteiger partial charge < -0.3 is 0 Å². The van der Waals surface area contributed by atoms with Crippen LogP contribution in [0.4, 0.5) is 0 Å². The molecule has 0 saturated heterocycles. The molecule has 56 valence electrons. The number of hydrogen-bond acceptors (Lipinski definition) is 0. The van der Waals surface area contributed by atoms with Gasteiger partial charge in [-0.05, 0) is 12.8 Å². The van der Waals surface area contributed by atoms with E-state index in [2.05, 4.69) is 48.6 Å². The van der Waals surface area contributed by atoms with Gasteiger partial charge in [0, 0.05) is 5.41 Å². The van der Waals surface area contributed by atoms with E-state index in [1.165, 1.54) is 0 Å². The zero-order chi connectivity index (χ0) is 7.57. The second kappa shape index (κ2) is 2.54. The van der Waals surface area contributed by atoms with Crippen molar-refractivity contribution in [3.63, 3.8) is 0 Å². The summed E-state index contributed by atoms with van der Waals surface area (Å²) >= 11 is 0. The first-order valence-electron chi connectivity index (χ1n) is 4.11. The second-order valence-electron chi connectivity index (χ2n) is 3.14. The van der Waals surface area contributed by atoms with E-state index in [9.17, 15) is 0 Å². The summed E-state index contributed by atoms with van der Waals surface area (Å²) in [6.45, 7) is 0. The van der Waals surface area contributed by atoms with Crippen LogP contribution in [0.1, 0.15) is 12.8 Å². The van der Waals surface area contributed by atoms with E-state index in [1.807, 2.05) is 0 Å². The van der Waals surface area contributed by atoms with Crippen molar-refractivity contribution < 1.29 is 0 Å². The summed E-state index contributed by atoms with van der Waals surface area (Å²) in [5, 5.41) is 0. The zero-order valence-electron chi connectivity index (χ0n) is 6.53. The quantitative estimate of drug-likeness (QED) is 0.458. The van der Waals surface area contributed by atoms with E-state index >= 15 is 0 Å². The molecule has 0 aromatic heterocycles. The van der Waals surface area contributed by atoms with Gasteiger partial charge in [-0.25, -0.2) is 0 Å². The summed E-state index contributed by atoms with van der Waals surface area (Å²) in [7, 11) is 0. The van der Waals surface area contributed by atoms with E-state index in [4.69, 9.17) is 0 Å². The third-order valence-electron chi connectivity index (χ3n) is 2.26. The molecule has 11 heavy (non-hydrogen) atoms. The Morgan fingerprint density at radius 1 is 0.818 bits per heavy atom. The van der Waals surface area contributed by atoms with Crippen molar-refractivity contribution in [1.29, 1.82) is 0 Å². The molecule has 0 heterocycles. The first-order valence-corrected chi connectivity index (χ1v) is 4.11. The summed E-state index contributed by atoms with van der Waals surface area (Å²) in [6, 6.07) is 0. The highest BCUT2D eigenvalue weighted by atomic mass is 14.2. The van der Waals surface area contributed by atoms with E-state index in [0.717, 1.165) is 12.8 Å². The average Bonchev–Trinajstić information content (AvgIpc) is 2.32. The van der Waals surface area contributed by atoms with Crippen LogP contribution in [0.5, 0.6) is 0 Å². The minimum atomic E-state index is 0.229. The lowest BCUT2D eigenvalue weighted by atomic mass is 9.86. The molecule has 0 fully saturated rings. The third-order valence-corrected chi connectivity index (χ3v) is 2.26. The number of hydrogen-bond donors (Lipinski definition) is 0. The molecular formula is C11H12. The Bertz CT molecular complexity index is 239.